The van der Waals surface area contributed by atoms with Crippen molar-refractivity contribution in [3.63, 3.8) is 0 Å². The quantitative estimate of drug-likeness (QED) is 0.837. The van der Waals surface area contributed by atoms with E-state index in [1.54, 1.807) is 0 Å². The van der Waals surface area contributed by atoms with Crippen LogP contribution in [0.15, 0.2) is 42.5 Å². The van der Waals surface area contributed by atoms with Gasteiger partial charge in [0.05, 0.1) is 6.54 Å². The summed E-state index contributed by atoms with van der Waals surface area (Å²) in [5.74, 6) is 0.124. The Kier molecular flexibility index (Phi) is 4.00. The van der Waals surface area contributed by atoms with Crippen LogP contribution in [0, 0.1) is 20.8 Å². The van der Waals surface area contributed by atoms with Crippen LogP contribution in [0.25, 0.3) is 0 Å². The van der Waals surface area contributed by atoms with Crippen molar-refractivity contribution in [2.75, 3.05) is 11.9 Å². The Hall–Kier alpha value is -2.09. The van der Waals surface area contributed by atoms with E-state index in [0.29, 0.717) is 6.54 Å². The summed E-state index contributed by atoms with van der Waals surface area (Å²) in [7, 11) is 0. The van der Waals surface area contributed by atoms with Crippen LogP contribution in [0.1, 0.15) is 27.0 Å². The van der Waals surface area contributed by atoms with Gasteiger partial charge in [0.15, 0.2) is 5.78 Å². The molecule has 1 N–H and O–H groups in total. The molecule has 0 aliphatic carbocycles. The zero-order valence-electron chi connectivity index (χ0n) is 11.7. The first kappa shape index (κ1) is 13.3. The molecule has 0 saturated carbocycles. The summed E-state index contributed by atoms with van der Waals surface area (Å²) >= 11 is 0. The van der Waals surface area contributed by atoms with Crippen LogP contribution in [0.5, 0.6) is 0 Å². The van der Waals surface area contributed by atoms with Gasteiger partial charge in [-0.25, -0.2) is 0 Å². The normalized spacial score (nSPS) is 10.3. The minimum absolute atomic E-state index is 0.124. The molecule has 0 saturated heterocycles. The molecule has 0 aliphatic heterocycles. The van der Waals surface area contributed by atoms with Gasteiger partial charge in [-0.2, -0.15) is 0 Å². The van der Waals surface area contributed by atoms with Crippen molar-refractivity contribution >= 4 is 11.5 Å². The van der Waals surface area contributed by atoms with E-state index >= 15 is 0 Å². The van der Waals surface area contributed by atoms with Crippen molar-refractivity contribution in [3.8, 4) is 0 Å². The molecule has 0 spiro atoms. The number of ketones is 1. The van der Waals surface area contributed by atoms with Gasteiger partial charge in [0, 0.05) is 11.3 Å². The predicted molar refractivity (Wildman–Crippen MR) is 79.9 cm³/mol. The number of benzene rings is 2. The van der Waals surface area contributed by atoms with Crippen LogP contribution in [-0.2, 0) is 0 Å². The van der Waals surface area contributed by atoms with Crippen LogP contribution in [0.2, 0.25) is 0 Å². The summed E-state index contributed by atoms with van der Waals surface area (Å²) in [4.78, 5) is 12.2. The third kappa shape index (κ3) is 3.44. The smallest absolute Gasteiger partial charge is 0.182 e. The summed E-state index contributed by atoms with van der Waals surface area (Å²) in [5.41, 5.74) is 5.18. The number of nitrogens with one attached hydrogen (secondary N) is 1. The van der Waals surface area contributed by atoms with Gasteiger partial charge in [0.25, 0.3) is 0 Å². The maximum atomic E-state index is 12.2. The summed E-state index contributed by atoms with van der Waals surface area (Å²) in [5, 5.41) is 3.18. The van der Waals surface area contributed by atoms with Crippen molar-refractivity contribution in [2.24, 2.45) is 0 Å². The lowest BCUT2D eigenvalue weighted by Crippen LogP contribution is -2.15. The number of anilines is 1. The van der Waals surface area contributed by atoms with E-state index in [9.17, 15) is 4.79 Å². The molecule has 0 amide bonds. The number of aryl methyl sites for hydroxylation is 3. The van der Waals surface area contributed by atoms with Crippen LogP contribution < -0.4 is 5.32 Å². The average molecular weight is 253 g/mol. The van der Waals surface area contributed by atoms with Crippen molar-refractivity contribution in [1.29, 1.82) is 0 Å². The van der Waals surface area contributed by atoms with Crippen LogP contribution >= 0.6 is 0 Å². The van der Waals surface area contributed by atoms with Crippen molar-refractivity contribution in [2.45, 2.75) is 20.8 Å². The molecule has 2 aromatic rings. The summed E-state index contributed by atoms with van der Waals surface area (Å²) in [6.45, 7) is 6.38. The van der Waals surface area contributed by atoms with Gasteiger partial charge in [-0.1, -0.05) is 35.9 Å². The Labute approximate surface area is 114 Å². The second kappa shape index (κ2) is 5.70. The molecule has 0 atom stereocenters. The first-order valence-electron chi connectivity index (χ1n) is 6.47. The van der Waals surface area contributed by atoms with Crippen LogP contribution in [0.3, 0.4) is 0 Å². The maximum Gasteiger partial charge on any atom is 0.182 e. The highest BCUT2D eigenvalue weighted by Crippen LogP contribution is 2.13. The van der Waals surface area contributed by atoms with Crippen molar-refractivity contribution in [3.05, 3.63) is 64.7 Å². The highest BCUT2D eigenvalue weighted by atomic mass is 16.1. The van der Waals surface area contributed by atoms with Crippen molar-refractivity contribution < 1.29 is 4.79 Å². The van der Waals surface area contributed by atoms with Gasteiger partial charge < -0.3 is 5.32 Å². The lowest BCUT2D eigenvalue weighted by molar-refractivity contribution is 0.101. The Morgan fingerprint density at radius 3 is 2.42 bits per heavy atom. The summed E-state index contributed by atoms with van der Waals surface area (Å²) in [6.07, 6.45) is 0. The second-order valence-corrected chi connectivity index (χ2v) is 4.96. The molecule has 19 heavy (non-hydrogen) atoms. The highest BCUT2D eigenvalue weighted by Gasteiger charge is 2.08. The monoisotopic (exact) mass is 253 g/mol. The van der Waals surface area contributed by atoms with E-state index in [1.807, 2.05) is 63.2 Å². The first-order valence-corrected chi connectivity index (χ1v) is 6.47. The molecule has 98 valence electrons. The third-order valence-corrected chi connectivity index (χ3v) is 3.15. The molecule has 0 aliphatic rings. The third-order valence-electron chi connectivity index (χ3n) is 3.15. The molecule has 2 heteroatoms. The zero-order chi connectivity index (χ0) is 13.8. The molecule has 0 fully saturated rings. The molecule has 0 bridgehead atoms. The second-order valence-electron chi connectivity index (χ2n) is 4.96. The molecular weight excluding hydrogens is 234 g/mol. The average Bonchev–Trinajstić information content (AvgIpc) is 2.36. The highest BCUT2D eigenvalue weighted by molar-refractivity contribution is 6.00. The fourth-order valence-electron chi connectivity index (χ4n) is 2.16. The lowest BCUT2D eigenvalue weighted by Gasteiger charge is -2.09. The van der Waals surface area contributed by atoms with Gasteiger partial charge in [-0.15, -0.1) is 0 Å². The molecular formula is C17H19NO. The Morgan fingerprint density at radius 2 is 1.74 bits per heavy atom. The fourth-order valence-corrected chi connectivity index (χ4v) is 2.16. The van der Waals surface area contributed by atoms with Gasteiger partial charge in [0.1, 0.15) is 0 Å². The number of rotatable bonds is 4. The van der Waals surface area contributed by atoms with E-state index in [0.717, 1.165) is 16.8 Å². The maximum absolute atomic E-state index is 12.2. The lowest BCUT2D eigenvalue weighted by atomic mass is 10.0. The predicted octanol–water partition coefficient (Wildman–Crippen LogP) is 3.91. The van der Waals surface area contributed by atoms with Crippen molar-refractivity contribution in [1.82, 2.24) is 0 Å². The topological polar surface area (TPSA) is 29.1 Å². The standard InChI is InChI=1S/C17H19NO/c1-12-5-4-6-15(10-12)18-11-17(19)16-8-7-13(2)9-14(16)3/h4-10,18H,11H2,1-3H3. The molecule has 2 nitrogen and oxygen atoms in total. The molecule has 2 aromatic carbocycles. The number of hydrogen-bond donors (Lipinski definition) is 1. The Balaban J connectivity index is 2.05. The van der Waals surface area contributed by atoms with Gasteiger partial charge in [0.2, 0.25) is 0 Å². The number of carbonyl (C=O) groups is 1. The Morgan fingerprint density at radius 1 is 1.00 bits per heavy atom. The molecule has 0 aromatic heterocycles. The minimum Gasteiger partial charge on any atom is -0.378 e. The van der Waals surface area contributed by atoms with Gasteiger partial charge in [-0.3, -0.25) is 4.79 Å². The van der Waals surface area contributed by atoms with Crippen LogP contribution in [-0.4, -0.2) is 12.3 Å². The number of Topliss-reactive ketones (excluding diaryl/α,β-unsaturated/α-hetero) is 1. The van der Waals surface area contributed by atoms with Gasteiger partial charge in [-0.05, 0) is 44.0 Å². The van der Waals surface area contributed by atoms with E-state index < -0.39 is 0 Å². The van der Waals surface area contributed by atoms with E-state index in [-0.39, 0.29) is 5.78 Å². The molecule has 0 unspecified atom stereocenters. The first-order chi connectivity index (χ1) is 9.06. The molecule has 2 rings (SSSR count). The molecule has 0 heterocycles. The van der Waals surface area contributed by atoms with E-state index in [4.69, 9.17) is 0 Å². The zero-order valence-corrected chi connectivity index (χ0v) is 11.7. The summed E-state index contributed by atoms with van der Waals surface area (Å²) < 4.78 is 0. The largest absolute Gasteiger partial charge is 0.378 e. The summed E-state index contributed by atoms with van der Waals surface area (Å²) in [6, 6.07) is 14.0. The Bertz CT molecular complexity index is 602. The SMILES string of the molecule is Cc1cccc(NCC(=O)c2ccc(C)cc2C)c1. The number of carbonyl (C=O) groups excluding carboxylic acids is 1. The van der Waals surface area contributed by atoms with Gasteiger partial charge >= 0.3 is 0 Å². The van der Waals surface area contributed by atoms with Crippen LogP contribution in [0.4, 0.5) is 5.69 Å². The van der Waals surface area contributed by atoms with E-state index in [1.165, 1.54) is 11.1 Å². The fraction of sp³-hybridized carbons (Fsp3) is 0.235. The minimum atomic E-state index is 0.124. The van der Waals surface area contributed by atoms with E-state index in [2.05, 4.69) is 5.32 Å². The molecule has 0 radical (unpaired) electrons. The number of hydrogen-bond acceptors (Lipinski definition) is 2.